The first kappa shape index (κ1) is 17.8. The number of rotatable bonds is 2. The van der Waals surface area contributed by atoms with Crippen molar-refractivity contribution in [3.05, 3.63) is 71.8 Å². The lowest BCUT2D eigenvalue weighted by atomic mass is 10.0. The third-order valence-corrected chi connectivity index (χ3v) is 7.05. The summed E-state index contributed by atoms with van der Waals surface area (Å²) in [7, 11) is 0. The molecule has 0 radical (unpaired) electrons. The zero-order valence-corrected chi connectivity index (χ0v) is 17.4. The van der Waals surface area contributed by atoms with Crippen molar-refractivity contribution in [2.75, 3.05) is 46.7 Å². The summed E-state index contributed by atoms with van der Waals surface area (Å²) in [5, 5.41) is 14.3. The third kappa shape index (κ3) is 3.21. The second-order valence-corrected chi connectivity index (χ2v) is 9.05. The highest BCUT2D eigenvalue weighted by Crippen LogP contribution is 2.39. The van der Waals surface area contributed by atoms with Crippen molar-refractivity contribution in [1.29, 1.82) is 0 Å². The molecule has 0 aromatic heterocycles. The molecular formula is C24H24N4OS. The fourth-order valence-electron chi connectivity index (χ4n) is 4.37. The van der Waals surface area contributed by atoms with Gasteiger partial charge in [0.15, 0.2) is 0 Å². The Balaban J connectivity index is 1.21. The molecule has 0 bridgehead atoms. The Hall–Kier alpha value is -2.99. The highest BCUT2D eigenvalue weighted by atomic mass is 32.2. The maximum Gasteiger partial charge on any atom is 0.142 e. The van der Waals surface area contributed by atoms with E-state index in [1.54, 1.807) is 0 Å². The van der Waals surface area contributed by atoms with E-state index >= 15 is 0 Å². The van der Waals surface area contributed by atoms with E-state index in [2.05, 4.69) is 81.9 Å². The smallest absolute Gasteiger partial charge is 0.142 e. The first-order valence-corrected chi connectivity index (χ1v) is 11.5. The average molecular weight is 417 g/mol. The van der Waals surface area contributed by atoms with Gasteiger partial charge in [0, 0.05) is 29.4 Å². The van der Waals surface area contributed by atoms with Crippen molar-refractivity contribution in [2.24, 2.45) is 0 Å². The summed E-state index contributed by atoms with van der Waals surface area (Å²) in [4.78, 5) is 1.34. The molecule has 3 aromatic carbocycles. The lowest BCUT2D eigenvalue weighted by Crippen LogP contribution is -2.27. The number of hydrogen-bond acceptors (Lipinski definition) is 6. The minimum Gasteiger partial charge on any atom is -0.489 e. The normalized spacial score (nSPS) is 21.3. The highest BCUT2D eigenvalue weighted by molar-refractivity contribution is 7.99. The topological polar surface area (TPSA) is 57.4 Å². The van der Waals surface area contributed by atoms with E-state index in [9.17, 15) is 0 Å². The van der Waals surface area contributed by atoms with Gasteiger partial charge in [-0.05, 0) is 47.5 Å². The van der Waals surface area contributed by atoms with Crippen LogP contribution in [-0.4, -0.2) is 25.4 Å². The van der Waals surface area contributed by atoms with E-state index in [0.717, 1.165) is 41.7 Å². The Morgan fingerprint density at radius 2 is 1.60 bits per heavy atom. The van der Waals surface area contributed by atoms with Crippen molar-refractivity contribution in [3.63, 3.8) is 0 Å². The molecule has 3 aromatic rings. The number of para-hydroxylation sites is 2. The number of nitrogens with one attached hydrogen (secondary N) is 4. The lowest BCUT2D eigenvalue weighted by molar-refractivity contribution is 0.286. The number of fused-ring (bicyclic) bond motifs is 3. The Morgan fingerprint density at radius 1 is 0.767 bits per heavy atom. The SMILES string of the molecule is c1ccc2c(c1)NCC(c1ccc3c(c1)OCC(c1ccc4c(c1)NCCS4)N3)N2. The van der Waals surface area contributed by atoms with Crippen LogP contribution in [0.4, 0.5) is 22.7 Å². The van der Waals surface area contributed by atoms with Gasteiger partial charge in [-0.3, -0.25) is 0 Å². The predicted molar refractivity (Wildman–Crippen MR) is 125 cm³/mol. The maximum absolute atomic E-state index is 6.20. The molecule has 6 heteroatoms. The van der Waals surface area contributed by atoms with Gasteiger partial charge in [0.25, 0.3) is 0 Å². The van der Waals surface area contributed by atoms with Gasteiger partial charge in [-0.1, -0.05) is 24.3 Å². The monoisotopic (exact) mass is 416 g/mol. The molecule has 0 saturated heterocycles. The van der Waals surface area contributed by atoms with Crippen LogP contribution in [0.25, 0.3) is 0 Å². The number of anilines is 4. The summed E-state index contributed by atoms with van der Waals surface area (Å²) in [6, 6.07) is 21.9. The van der Waals surface area contributed by atoms with E-state index in [0.29, 0.717) is 6.61 Å². The van der Waals surface area contributed by atoms with Gasteiger partial charge in [-0.2, -0.15) is 0 Å². The van der Waals surface area contributed by atoms with Gasteiger partial charge < -0.3 is 26.0 Å². The zero-order valence-electron chi connectivity index (χ0n) is 16.6. The van der Waals surface area contributed by atoms with E-state index in [-0.39, 0.29) is 12.1 Å². The molecular weight excluding hydrogens is 392 g/mol. The Morgan fingerprint density at radius 3 is 2.57 bits per heavy atom. The maximum atomic E-state index is 6.20. The molecule has 3 aliphatic rings. The Bertz CT molecular complexity index is 1100. The van der Waals surface area contributed by atoms with Crippen LogP contribution in [0.15, 0.2) is 65.6 Å². The van der Waals surface area contributed by atoms with E-state index < -0.39 is 0 Å². The molecule has 4 N–H and O–H groups in total. The molecule has 3 aliphatic heterocycles. The molecule has 0 aliphatic carbocycles. The number of ether oxygens (including phenoxy) is 1. The first-order valence-electron chi connectivity index (χ1n) is 10.5. The van der Waals surface area contributed by atoms with E-state index in [1.807, 2.05) is 11.8 Å². The molecule has 2 atom stereocenters. The van der Waals surface area contributed by atoms with Crippen LogP contribution in [0.2, 0.25) is 0 Å². The lowest BCUT2D eigenvalue weighted by Gasteiger charge is -2.31. The Kier molecular flexibility index (Phi) is 4.38. The van der Waals surface area contributed by atoms with Crippen LogP contribution >= 0.6 is 11.8 Å². The average Bonchev–Trinajstić information content (AvgIpc) is 2.83. The highest BCUT2D eigenvalue weighted by Gasteiger charge is 2.24. The molecule has 2 unspecified atom stereocenters. The minimum absolute atomic E-state index is 0.156. The van der Waals surface area contributed by atoms with Crippen molar-refractivity contribution in [3.8, 4) is 5.75 Å². The predicted octanol–water partition coefficient (Wildman–Crippen LogP) is 5.33. The van der Waals surface area contributed by atoms with Gasteiger partial charge in [-0.25, -0.2) is 0 Å². The van der Waals surface area contributed by atoms with Crippen molar-refractivity contribution in [1.82, 2.24) is 0 Å². The van der Waals surface area contributed by atoms with E-state index in [1.165, 1.54) is 21.7 Å². The summed E-state index contributed by atoms with van der Waals surface area (Å²) >= 11 is 1.92. The third-order valence-electron chi connectivity index (χ3n) is 5.98. The Labute approximate surface area is 180 Å². The second kappa shape index (κ2) is 7.36. The van der Waals surface area contributed by atoms with Crippen LogP contribution in [0.5, 0.6) is 5.75 Å². The van der Waals surface area contributed by atoms with Crippen LogP contribution in [0.3, 0.4) is 0 Å². The number of benzene rings is 3. The number of hydrogen-bond donors (Lipinski definition) is 4. The second-order valence-electron chi connectivity index (χ2n) is 7.92. The standard InChI is InChI=1S/C24H24N4OS/c1-2-4-18-17(3-1)26-13-21(27-18)16-5-7-19-23(12-16)29-14-22(28-19)15-6-8-24-20(11-15)25-9-10-30-24/h1-8,11-12,21-22,25-28H,9-10,13-14H2. The van der Waals surface area contributed by atoms with Crippen molar-refractivity contribution >= 4 is 34.5 Å². The van der Waals surface area contributed by atoms with Crippen molar-refractivity contribution < 1.29 is 4.74 Å². The minimum atomic E-state index is 0.156. The van der Waals surface area contributed by atoms with Gasteiger partial charge in [-0.15, -0.1) is 11.8 Å². The molecule has 3 heterocycles. The summed E-state index contributed by atoms with van der Waals surface area (Å²) in [6.07, 6.45) is 0. The summed E-state index contributed by atoms with van der Waals surface area (Å²) in [5.74, 6) is 2.06. The molecule has 0 saturated carbocycles. The molecule has 0 amide bonds. The largest absolute Gasteiger partial charge is 0.489 e. The van der Waals surface area contributed by atoms with Crippen molar-refractivity contribution in [2.45, 2.75) is 17.0 Å². The molecule has 0 spiro atoms. The van der Waals surface area contributed by atoms with Gasteiger partial charge in [0.05, 0.1) is 29.1 Å². The summed E-state index contributed by atoms with van der Waals surface area (Å²) in [6.45, 7) is 2.50. The fraction of sp³-hybridized carbons (Fsp3) is 0.250. The van der Waals surface area contributed by atoms with Crippen LogP contribution < -0.4 is 26.0 Å². The van der Waals surface area contributed by atoms with E-state index in [4.69, 9.17) is 4.74 Å². The molecule has 30 heavy (non-hydrogen) atoms. The fourth-order valence-corrected chi connectivity index (χ4v) is 5.24. The van der Waals surface area contributed by atoms with Crippen LogP contribution in [-0.2, 0) is 0 Å². The molecule has 6 rings (SSSR count). The zero-order chi connectivity index (χ0) is 19.9. The summed E-state index contributed by atoms with van der Waals surface area (Å²) in [5.41, 5.74) is 7.08. The first-order chi connectivity index (χ1) is 14.8. The van der Waals surface area contributed by atoms with Gasteiger partial charge >= 0.3 is 0 Å². The van der Waals surface area contributed by atoms with Gasteiger partial charge in [0.1, 0.15) is 12.4 Å². The summed E-state index contributed by atoms with van der Waals surface area (Å²) < 4.78 is 6.20. The van der Waals surface area contributed by atoms with Crippen LogP contribution in [0.1, 0.15) is 23.2 Å². The number of thioether (sulfide) groups is 1. The van der Waals surface area contributed by atoms with Crippen LogP contribution in [0, 0.1) is 0 Å². The van der Waals surface area contributed by atoms with Gasteiger partial charge in [0.2, 0.25) is 0 Å². The quantitative estimate of drug-likeness (QED) is 0.453. The molecule has 5 nitrogen and oxygen atoms in total. The molecule has 0 fully saturated rings. The molecule has 152 valence electrons.